The van der Waals surface area contributed by atoms with Crippen molar-refractivity contribution in [3.63, 3.8) is 0 Å². The van der Waals surface area contributed by atoms with Gasteiger partial charge in [0.2, 0.25) is 5.91 Å². The van der Waals surface area contributed by atoms with E-state index >= 15 is 0 Å². The van der Waals surface area contributed by atoms with Crippen LogP contribution in [0.4, 0.5) is 11.5 Å². The van der Waals surface area contributed by atoms with E-state index in [0.717, 1.165) is 53.7 Å². The highest BCUT2D eigenvalue weighted by molar-refractivity contribution is 6.42. The highest BCUT2D eigenvalue weighted by Gasteiger charge is 2.23. The molecule has 1 amide bonds. The standard InChI is InChI=1S/C25H28Cl2N4O/c1-31(2)23-15-24(30-22-6-4-3-5-19(22)23)28-17-8-10-18(11-9-17)29-25(32)14-16-7-12-20(26)21(27)13-16/h3-7,12-13,15,17-18H,8-11,14H2,1-2H3,(H,28,30)(H,29,32)/t17-,18+. The first kappa shape index (κ1) is 22.7. The highest BCUT2D eigenvalue weighted by atomic mass is 35.5. The smallest absolute Gasteiger partial charge is 0.224 e. The molecular formula is C25H28Cl2N4O. The van der Waals surface area contributed by atoms with Crippen LogP contribution in [-0.2, 0) is 11.2 Å². The van der Waals surface area contributed by atoms with Gasteiger partial charge in [0, 0.05) is 43.3 Å². The van der Waals surface area contributed by atoms with Crippen LogP contribution in [0.25, 0.3) is 10.9 Å². The number of aromatic nitrogens is 1. The Morgan fingerprint density at radius 2 is 1.72 bits per heavy atom. The van der Waals surface area contributed by atoms with Crippen LogP contribution in [0, 0.1) is 0 Å². The largest absolute Gasteiger partial charge is 0.377 e. The minimum atomic E-state index is 0.0200. The van der Waals surface area contributed by atoms with E-state index in [1.807, 2.05) is 24.3 Å². The number of benzene rings is 2. The lowest BCUT2D eigenvalue weighted by Crippen LogP contribution is -2.40. The van der Waals surface area contributed by atoms with Crippen LogP contribution in [0.3, 0.4) is 0 Å². The summed E-state index contributed by atoms with van der Waals surface area (Å²) in [6.45, 7) is 0. The Morgan fingerprint density at radius 1 is 1.00 bits per heavy atom. The molecule has 0 bridgehead atoms. The third-order valence-corrected chi connectivity index (χ3v) is 6.71. The highest BCUT2D eigenvalue weighted by Crippen LogP contribution is 2.29. The quantitative estimate of drug-likeness (QED) is 0.485. The van der Waals surface area contributed by atoms with Gasteiger partial charge in [-0.3, -0.25) is 4.79 Å². The van der Waals surface area contributed by atoms with Gasteiger partial charge in [-0.25, -0.2) is 4.98 Å². The van der Waals surface area contributed by atoms with Crippen LogP contribution in [0.2, 0.25) is 10.0 Å². The molecule has 0 saturated heterocycles. The van der Waals surface area contributed by atoms with Crippen molar-refractivity contribution in [2.24, 2.45) is 0 Å². The van der Waals surface area contributed by atoms with Crippen LogP contribution >= 0.6 is 23.2 Å². The van der Waals surface area contributed by atoms with E-state index in [4.69, 9.17) is 28.2 Å². The number of amides is 1. The summed E-state index contributed by atoms with van der Waals surface area (Å²) in [6.07, 6.45) is 4.17. The maximum atomic E-state index is 12.5. The summed E-state index contributed by atoms with van der Waals surface area (Å²) in [7, 11) is 4.11. The monoisotopic (exact) mass is 470 g/mol. The molecule has 2 aromatic carbocycles. The number of hydrogen-bond donors (Lipinski definition) is 2. The normalized spacial score (nSPS) is 18.4. The Hall–Kier alpha value is -2.50. The fourth-order valence-electron chi connectivity index (χ4n) is 4.31. The molecule has 1 saturated carbocycles. The number of pyridine rings is 1. The summed E-state index contributed by atoms with van der Waals surface area (Å²) in [5, 5.41) is 8.91. The minimum Gasteiger partial charge on any atom is -0.377 e. The molecule has 32 heavy (non-hydrogen) atoms. The van der Waals surface area contributed by atoms with Gasteiger partial charge in [0.15, 0.2) is 0 Å². The van der Waals surface area contributed by atoms with Crippen LogP contribution < -0.4 is 15.5 Å². The molecule has 7 heteroatoms. The first-order valence-electron chi connectivity index (χ1n) is 11.0. The maximum absolute atomic E-state index is 12.5. The number of carbonyl (C=O) groups excluding carboxylic acids is 1. The fourth-order valence-corrected chi connectivity index (χ4v) is 4.63. The summed E-state index contributed by atoms with van der Waals surface area (Å²) >= 11 is 12.0. The number of hydrogen-bond acceptors (Lipinski definition) is 4. The average molecular weight is 471 g/mol. The molecule has 0 aliphatic heterocycles. The molecule has 2 N–H and O–H groups in total. The number of fused-ring (bicyclic) bond motifs is 1. The molecule has 1 aliphatic carbocycles. The van der Waals surface area contributed by atoms with Gasteiger partial charge in [0.05, 0.1) is 22.0 Å². The SMILES string of the molecule is CN(C)c1cc(N[C@H]2CC[C@@H](NC(=O)Cc3ccc(Cl)c(Cl)c3)CC2)nc2ccccc12. The first-order valence-corrected chi connectivity index (χ1v) is 11.7. The Morgan fingerprint density at radius 3 is 2.44 bits per heavy atom. The topological polar surface area (TPSA) is 57.3 Å². The summed E-state index contributed by atoms with van der Waals surface area (Å²) in [5.41, 5.74) is 3.01. The number of halogens is 2. The van der Waals surface area contributed by atoms with E-state index < -0.39 is 0 Å². The molecule has 1 fully saturated rings. The van der Waals surface area contributed by atoms with Crippen LogP contribution in [0.1, 0.15) is 31.2 Å². The molecule has 1 aliphatic rings. The van der Waals surface area contributed by atoms with E-state index in [9.17, 15) is 4.79 Å². The second-order valence-electron chi connectivity index (χ2n) is 8.62. The molecule has 168 valence electrons. The molecule has 5 nitrogen and oxygen atoms in total. The van der Waals surface area contributed by atoms with E-state index in [-0.39, 0.29) is 11.9 Å². The predicted molar refractivity (Wildman–Crippen MR) is 134 cm³/mol. The van der Waals surface area contributed by atoms with Crippen molar-refractivity contribution in [1.82, 2.24) is 10.3 Å². The van der Waals surface area contributed by atoms with Gasteiger partial charge < -0.3 is 15.5 Å². The van der Waals surface area contributed by atoms with Crippen molar-refractivity contribution in [3.05, 3.63) is 64.1 Å². The second-order valence-corrected chi connectivity index (χ2v) is 9.44. The van der Waals surface area contributed by atoms with Crippen LogP contribution in [0.15, 0.2) is 48.5 Å². The van der Waals surface area contributed by atoms with E-state index in [1.165, 1.54) is 0 Å². The van der Waals surface area contributed by atoms with Crippen molar-refractivity contribution in [2.75, 3.05) is 24.3 Å². The molecule has 0 spiro atoms. The van der Waals surface area contributed by atoms with Crippen LogP contribution in [0.5, 0.6) is 0 Å². The number of nitrogens with one attached hydrogen (secondary N) is 2. The van der Waals surface area contributed by atoms with Gasteiger partial charge in [0.1, 0.15) is 5.82 Å². The van der Waals surface area contributed by atoms with Gasteiger partial charge in [-0.15, -0.1) is 0 Å². The third-order valence-electron chi connectivity index (χ3n) is 5.97. The molecule has 0 atom stereocenters. The number of anilines is 2. The van der Waals surface area contributed by atoms with Crippen molar-refractivity contribution in [2.45, 2.75) is 44.2 Å². The fraction of sp³-hybridized carbons (Fsp3) is 0.360. The lowest BCUT2D eigenvalue weighted by Gasteiger charge is -2.30. The zero-order valence-electron chi connectivity index (χ0n) is 18.4. The lowest BCUT2D eigenvalue weighted by atomic mass is 9.91. The molecule has 4 rings (SSSR count). The molecule has 0 unspecified atom stereocenters. The van der Waals surface area contributed by atoms with Gasteiger partial charge >= 0.3 is 0 Å². The molecule has 1 aromatic heterocycles. The predicted octanol–water partition coefficient (Wildman–Crippen LogP) is 5.69. The zero-order valence-corrected chi connectivity index (χ0v) is 19.9. The number of para-hydroxylation sites is 1. The van der Waals surface area contributed by atoms with Gasteiger partial charge in [-0.2, -0.15) is 0 Å². The van der Waals surface area contributed by atoms with E-state index in [0.29, 0.717) is 22.5 Å². The Labute approximate surface area is 199 Å². The molecule has 1 heterocycles. The summed E-state index contributed by atoms with van der Waals surface area (Å²) < 4.78 is 0. The summed E-state index contributed by atoms with van der Waals surface area (Å²) in [5.74, 6) is 0.922. The summed E-state index contributed by atoms with van der Waals surface area (Å²) in [4.78, 5) is 19.4. The van der Waals surface area contributed by atoms with E-state index in [1.54, 1.807) is 12.1 Å². The third kappa shape index (κ3) is 5.45. The summed E-state index contributed by atoms with van der Waals surface area (Å²) in [6, 6.07) is 16.2. The Balaban J connectivity index is 1.32. The number of nitrogens with zero attached hydrogens (tertiary/aromatic N) is 2. The van der Waals surface area contributed by atoms with Crippen LogP contribution in [-0.4, -0.2) is 37.1 Å². The van der Waals surface area contributed by atoms with E-state index in [2.05, 4.69) is 41.8 Å². The first-order chi connectivity index (χ1) is 15.4. The average Bonchev–Trinajstić information content (AvgIpc) is 2.77. The van der Waals surface area contributed by atoms with Crippen molar-refractivity contribution >= 4 is 51.5 Å². The Bertz CT molecular complexity index is 1110. The van der Waals surface area contributed by atoms with Crippen molar-refractivity contribution in [1.29, 1.82) is 0 Å². The number of carbonyl (C=O) groups is 1. The van der Waals surface area contributed by atoms with Gasteiger partial charge in [-0.1, -0.05) is 47.5 Å². The van der Waals surface area contributed by atoms with Crippen molar-refractivity contribution < 1.29 is 4.79 Å². The van der Waals surface area contributed by atoms with Gasteiger partial charge in [0.25, 0.3) is 0 Å². The lowest BCUT2D eigenvalue weighted by molar-refractivity contribution is -0.121. The number of rotatable bonds is 6. The second kappa shape index (κ2) is 9.97. The maximum Gasteiger partial charge on any atom is 0.224 e. The van der Waals surface area contributed by atoms with Crippen molar-refractivity contribution in [3.8, 4) is 0 Å². The Kier molecular flexibility index (Phi) is 7.07. The van der Waals surface area contributed by atoms with Gasteiger partial charge in [-0.05, 0) is 49.4 Å². The molecular weight excluding hydrogens is 443 g/mol. The molecule has 0 radical (unpaired) electrons. The molecule has 3 aromatic rings. The minimum absolute atomic E-state index is 0.0200. The zero-order chi connectivity index (χ0) is 22.7.